The van der Waals surface area contributed by atoms with Gasteiger partial charge in [-0.3, -0.25) is 0 Å². The van der Waals surface area contributed by atoms with Gasteiger partial charge in [-0.15, -0.1) is 0 Å². The van der Waals surface area contributed by atoms with Gasteiger partial charge in [0, 0.05) is 48.4 Å². The standard InChI is InChI=1S/C13H21N3/c1-8-9-10-12(14(2)3)11-13(15(4)5)16(6)7/h11H,1H2,2-7H3. The quantitative estimate of drug-likeness (QED) is 0.524. The van der Waals surface area contributed by atoms with Gasteiger partial charge in [0.25, 0.3) is 0 Å². The molecule has 0 radical (unpaired) electrons. The topological polar surface area (TPSA) is 9.72 Å². The Morgan fingerprint density at radius 2 is 1.44 bits per heavy atom. The molecule has 0 aliphatic heterocycles. The van der Waals surface area contributed by atoms with Gasteiger partial charge in [-0.2, -0.15) is 0 Å². The second kappa shape index (κ2) is 6.66. The van der Waals surface area contributed by atoms with E-state index in [1.165, 1.54) is 0 Å². The molecule has 0 atom stereocenters. The van der Waals surface area contributed by atoms with E-state index in [1.54, 1.807) is 0 Å². The Morgan fingerprint density at radius 1 is 0.938 bits per heavy atom. The van der Waals surface area contributed by atoms with E-state index in [0.717, 1.165) is 11.5 Å². The van der Waals surface area contributed by atoms with E-state index in [1.807, 2.05) is 63.1 Å². The Kier molecular flexibility index (Phi) is 5.92. The number of hydrogen-bond acceptors (Lipinski definition) is 3. The second-order valence-electron chi connectivity index (χ2n) is 4.00. The minimum absolute atomic E-state index is 0.925. The summed E-state index contributed by atoms with van der Waals surface area (Å²) in [6.07, 6.45) is 2.03. The van der Waals surface area contributed by atoms with Gasteiger partial charge in [-0.1, -0.05) is 5.73 Å². The molecule has 0 saturated heterocycles. The molecular weight excluding hydrogens is 198 g/mol. The zero-order chi connectivity index (χ0) is 12.7. The van der Waals surface area contributed by atoms with Crippen LogP contribution >= 0.6 is 0 Å². The first-order valence-corrected chi connectivity index (χ1v) is 5.04. The minimum atomic E-state index is 0.925. The van der Waals surface area contributed by atoms with Gasteiger partial charge in [-0.05, 0) is 18.0 Å². The summed E-state index contributed by atoms with van der Waals surface area (Å²) in [6, 6.07) is 0. The normalized spacial score (nSPS) is 8.12. The predicted molar refractivity (Wildman–Crippen MR) is 68.8 cm³/mol. The summed E-state index contributed by atoms with van der Waals surface area (Å²) < 4.78 is 0. The van der Waals surface area contributed by atoms with Crippen molar-refractivity contribution in [3.8, 4) is 0 Å². The monoisotopic (exact) mass is 219 g/mol. The van der Waals surface area contributed by atoms with E-state index in [0.29, 0.717) is 0 Å². The maximum absolute atomic E-state index is 3.47. The number of likely N-dealkylation sites (N-methyl/N-ethyl adjacent to an activating group) is 1. The first-order valence-electron chi connectivity index (χ1n) is 5.04. The Bertz CT molecular complexity index is 360. The molecule has 0 unspecified atom stereocenters. The van der Waals surface area contributed by atoms with Crippen molar-refractivity contribution in [3.05, 3.63) is 41.4 Å². The molecule has 0 fully saturated rings. The first-order chi connectivity index (χ1) is 7.40. The fourth-order valence-electron chi connectivity index (χ4n) is 1.17. The molecule has 0 aromatic carbocycles. The molecule has 0 aromatic rings. The lowest BCUT2D eigenvalue weighted by Crippen LogP contribution is -2.25. The Morgan fingerprint density at radius 3 is 1.75 bits per heavy atom. The van der Waals surface area contributed by atoms with Gasteiger partial charge in [0.05, 0.1) is 5.70 Å². The summed E-state index contributed by atoms with van der Waals surface area (Å²) in [5.74, 6) is 1.09. The SMILES string of the molecule is C=C=C=C=C(C=C(N(C)C)N(C)C)N(C)C. The van der Waals surface area contributed by atoms with E-state index in [-0.39, 0.29) is 0 Å². The third kappa shape index (κ3) is 4.63. The molecule has 0 saturated carbocycles. The van der Waals surface area contributed by atoms with Crippen LogP contribution in [0.3, 0.4) is 0 Å². The van der Waals surface area contributed by atoms with Crippen LogP contribution in [-0.2, 0) is 0 Å². The molecule has 0 rings (SSSR count). The average molecular weight is 219 g/mol. The van der Waals surface area contributed by atoms with Crippen LogP contribution in [-0.4, -0.2) is 57.0 Å². The smallest absolute Gasteiger partial charge is 0.106 e. The van der Waals surface area contributed by atoms with Crippen molar-refractivity contribution in [1.29, 1.82) is 0 Å². The first kappa shape index (κ1) is 14.2. The molecule has 3 heteroatoms. The zero-order valence-corrected chi connectivity index (χ0v) is 11.1. The highest BCUT2D eigenvalue weighted by Crippen LogP contribution is 2.08. The van der Waals surface area contributed by atoms with Gasteiger partial charge in [0.1, 0.15) is 5.82 Å². The van der Waals surface area contributed by atoms with Crippen LogP contribution in [0, 0.1) is 0 Å². The summed E-state index contributed by atoms with van der Waals surface area (Å²) in [5, 5.41) is 0. The average Bonchev–Trinajstić information content (AvgIpc) is 2.16. The Hall–Kier alpha value is -1.78. The number of allylic oxidation sites excluding steroid dienone is 1. The number of nitrogens with zero attached hydrogens (tertiary/aromatic N) is 3. The lowest BCUT2D eigenvalue weighted by atomic mass is 10.3. The largest absolute Gasteiger partial charge is 0.371 e. The van der Waals surface area contributed by atoms with E-state index < -0.39 is 0 Å². The molecule has 0 heterocycles. The van der Waals surface area contributed by atoms with Gasteiger partial charge in [0.2, 0.25) is 0 Å². The lowest BCUT2D eigenvalue weighted by Gasteiger charge is -2.25. The van der Waals surface area contributed by atoms with Crippen molar-refractivity contribution in [2.75, 3.05) is 42.3 Å². The number of rotatable bonds is 4. The van der Waals surface area contributed by atoms with Crippen molar-refractivity contribution in [2.45, 2.75) is 0 Å². The second-order valence-corrected chi connectivity index (χ2v) is 4.00. The third-order valence-electron chi connectivity index (χ3n) is 1.94. The third-order valence-corrected chi connectivity index (χ3v) is 1.94. The van der Waals surface area contributed by atoms with Crippen LogP contribution in [0.2, 0.25) is 0 Å². The number of hydrogen-bond donors (Lipinski definition) is 0. The molecule has 0 aromatic heterocycles. The molecule has 0 amide bonds. The summed E-state index contributed by atoms with van der Waals surface area (Å²) in [7, 11) is 12.0. The van der Waals surface area contributed by atoms with Gasteiger partial charge < -0.3 is 14.7 Å². The van der Waals surface area contributed by atoms with Crippen LogP contribution in [0.25, 0.3) is 0 Å². The molecule has 16 heavy (non-hydrogen) atoms. The van der Waals surface area contributed by atoms with E-state index >= 15 is 0 Å². The van der Waals surface area contributed by atoms with E-state index in [2.05, 4.69) is 23.8 Å². The van der Waals surface area contributed by atoms with Crippen LogP contribution in [0.5, 0.6) is 0 Å². The van der Waals surface area contributed by atoms with E-state index in [4.69, 9.17) is 0 Å². The summed E-state index contributed by atoms with van der Waals surface area (Å²) in [4.78, 5) is 6.06. The fourth-order valence-corrected chi connectivity index (χ4v) is 1.17. The van der Waals surface area contributed by atoms with Gasteiger partial charge >= 0.3 is 0 Å². The maximum atomic E-state index is 3.47. The molecule has 3 nitrogen and oxygen atoms in total. The van der Waals surface area contributed by atoms with Gasteiger partial charge in [0.15, 0.2) is 0 Å². The van der Waals surface area contributed by atoms with Crippen molar-refractivity contribution >= 4 is 0 Å². The maximum Gasteiger partial charge on any atom is 0.106 e. The van der Waals surface area contributed by atoms with Gasteiger partial charge in [-0.25, -0.2) is 0 Å². The van der Waals surface area contributed by atoms with Crippen LogP contribution in [0.1, 0.15) is 0 Å². The molecule has 0 bridgehead atoms. The van der Waals surface area contributed by atoms with Crippen molar-refractivity contribution < 1.29 is 0 Å². The minimum Gasteiger partial charge on any atom is -0.371 e. The summed E-state index contributed by atoms with van der Waals surface area (Å²) in [5.41, 5.74) is 9.23. The Labute approximate surface area is 99.0 Å². The van der Waals surface area contributed by atoms with Crippen molar-refractivity contribution in [3.63, 3.8) is 0 Å². The molecule has 0 aliphatic rings. The fraction of sp³-hybridized carbons (Fsp3) is 0.462. The highest BCUT2D eigenvalue weighted by atomic mass is 15.3. The molecule has 0 aliphatic carbocycles. The molecule has 88 valence electrons. The highest BCUT2D eigenvalue weighted by molar-refractivity contribution is 5.20. The van der Waals surface area contributed by atoms with E-state index in [9.17, 15) is 0 Å². The van der Waals surface area contributed by atoms with Crippen molar-refractivity contribution in [2.24, 2.45) is 0 Å². The summed E-state index contributed by atoms with van der Waals surface area (Å²) >= 11 is 0. The summed E-state index contributed by atoms with van der Waals surface area (Å²) in [6.45, 7) is 3.47. The molecular formula is C13H21N3. The van der Waals surface area contributed by atoms with Crippen LogP contribution < -0.4 is 0 Å². The van der Waals surface area contributed by atoms with Crippen LogP contribution in [0.4, 0.5) is 0 Å². The van der Waals surface area contributed by atoms with Crippen molar-refractivity contribution in [1.82, 2.24) is 14.7 Å². The molecule has 0 N–H and O–H groups in total. The Balaban J connectivity index is 5.51. The lowest BCUT2D eigenvalue weighted by molar-refractivity contribution is 0.340. The molecule has 0 spiro atoms. The predicted octanol–water partition coefficient (Wildman–Crippen LogP) is 1.49. The highest BCUT2D eigenvalue weighted by Gasteiger charge is 2.04. The zero-order valence-electron chi connectivity index (χ0n) is 11.1. The van der Waals surface area contributed by atoms with Crippen LogP contribution in [0.15, 0.2) is 41.4 Å².